The van der Waals surface area contributed by atoms with Crippen LogP contribution >= 0.6 is 0 Å². The van der Waals surface area contributed by atoms with Gasteiger partial charge in [0.25, 0.3) is 0 Å². The molecule has 4 heavy (non-hydrogen) atoms. The summed E-state index contributed by atoms with van der Waals surface area (Å²) in [4.78, 5) is 0. The Labute approximate surface area is 54.5 Å². The first-order chi connectivity index (χ1) is 1.41. The van der Waals surface area contributed by atoms with Gasteiger partial charge < -0.3 is 2.85 Å². The number of hydrogen-bond acceptors (Lipinski definition) is 2. The van der Waals surface area contributed by atoms with E-state index in [0.29, 0.717) is 0 Å². The Kier molecular flexibility index (Phi) is 19.9. The minimum atomic E-state index is -2.27. The molecule has 2 nitrogen and oxygen atoms in total. The molecule has 0 radical (unpaired) electrons. The number of hydrogen-bond donors (Lipinski definition) is 0. The molecule has 0 atom stereocenters. The first-order valence-electron chi connectivity index (χ1n) is 0.408. The standard InChI is InChI=1S/Mg.2O.Zr.2H/q+2;;;;2*-1. The Hall–Kier alpha value is 1.25. The summed E-state index contributed by atoms with van der Waals surface area (Å²) in [7, 11) is 0. The Morgan fingerprint density at radius 2 is 1.50 bits per heavy atom. The quantitative estimate of drug-likeness (QED) is 0.440. The molecule has 0 spiro atoms. The molecule has 0 aromatic rings. The third-order valence-corrected chi connectivity index (χ3v) is 0. The summed E-state index contributed by atoms with van der Waals surface area (Å²) in [6, 6.07) is 0. The van der Waals surface area contributed by atoms with Crippen LogP contribution in [0.3, 0.4) is 0 Å². The van der Waals surface area contributed by atoms with Gasteiger partial charge in [0.1, 0.15) is 0 Å². The molecular weight excluding hydrogens is 148 g/mol. The monoisotopic (exact) mass is 148 g/mol. The Morgan fingerprint density at radius 3 is 1.50 bits per heavy atom. The van der Waals surface area contributed by atoms with Crippen molar-refractivity contribution in [1.29, 1.82) is 0 Å². The van der Waals surface area contributed by atoms with Gasteiger partial charge in [0.15, 0.2) is 0 Å². The van der Waals surface area contributed by atoms with Crippen molar-refractivity contribution < 1.29 is 31.7 Å². The van der Waals surface area contributed by atoms with Crippen LogP contribution in [0.25, 0.3) is 0 Å². The van der Waals surface area contributed by atoms with Gasteiger partial charge in [-0.05, 0) is 0 Å². The van der Waals surface area contributed by atoms with Crippen LogP contribution < -0.4 is 0 Å². The maximum atomic E-state index is 8.54. The van der Waals surface area contributed by atoms with E-state index < -0.39 is 23.2 Å². The third kappa shape index (κ3) is 10.5. The Morgan fingerprint density at radius 1 is 1.50 bits per heavy atom. The van der Waals surface area contributed by atoms with Crippen molar-refractivity contribution in [2.45, 2.75) is 0 Å². The second-order valence-corrected chi connectivity index (χ2v) is 0.493. The van der Waals surface area contributed by atoms with Crippen LogP contribution in [0.5, 0.6) is 0 Å². The van der Waals surface area contributed by atoms with Crippen molar-refractivity contribution in [3.8, 4) is 0 Å². The molecule has 0 heterocycles. The zero-order valence-corrected chi connectivity index (χ0v) is 5.90. The zero-order valence-electron chi connectivity index (χ0n) is 4.02. The Balaban J connectivity index is -0.00000000667. The number of rotatable bonds is 0. The molecule has 0 bridgehead atoms. The fourth-order valence-electron chi connectivity index (χ4n) is 0. The van der Waals surface area contributed by atoms with Crippen molar-refractivity contribution in [1.82, 2.24) is 0 Å². The van der Waals surface area contributed by atoms with Crippen molar-refractivity contribution in [2.24, 2.45) is 0 Å². The molecule has 0 rings (SSSR count). The van der Waals surface area contributed by atoms with Crippen LogP contribution in [0.15, 0.2) is 0 Å². The normalized spacial score (nSPS) is 2.00. The molecule has 20 valence electrons. The van der Waals surface area contributed by atoms with E-state index in [1.165, 1.54) is 0 Å². The molecule has 0 unspecified atom stereocenters. The van der Waals surface area contributed by atoms with Crippen LogP contribution in [0.2, 0.25) is 0 Å². The van der Waals surface area contributed by atoms with E-state index in [-0.39, 0.29) is 25.9 Å². The molecule has 0 N–H and O–H groups in total. The molecule has 0 amide bonds. The van der Waals surface area contributed by atoms with Crippen LogP contribution in [0.4, 0.5) is 0 Å². The summed E-state index contributed by atoms with van der Waals surface area (Å²) < 4.78 is 17.1. The van der Waals surface area contributed by atoms with Gasteiger partial charge in [-0.3, -0.25) is 0 Å². The van der Waals surface area contributed by atoms with E-state index >= 15 is 0 Å². The molecule has 0 saturated heterocycles. The van der Waals surface area contributed by atoms with Crippen LogP contribution in [0, 0.1) is 0 Å². The molecule has 0 aliphatic rings. The van der Waals surface area contributed by atoms with Gasteiger partial charge in [-0.2, -0.15) is 0 Å². The van der Waals surface area contributed by atoms with Gasteiger partial charge in [-0.15, -0.1) is 0 Å². The fourth-order valence-corrected chi connectivity index (χ4v) is 0. The first-order valence-corrected chi connectivity index (χ1v) is 2.42. The van der Waals surface area contributed by atoms with Crippen molar-refractivity contribution in [3.63, 3.8) is 0 Å². The predicted molar refractivity (Wildman–Crippen MR) is 9.35 cm³/mol. The van der Waals surface area contributed by atoms with Crippen LogP contribution in [-0.2, 0) is 28.9 Å². The van der Waals surface area contributed by atoms with E-state index in [1.807, 2.05) is 0 Å². The molecule has 0 aliphatic heterocycles. The summed E-state index contributed by atoms with van der Waals surface area (Å²) in [6.45, 7) is 0. The average molecular weight is 150 g/mol. The predicted octanol–water partition coefficient (Wildman–Crippen LogP) is -0.396. The molecule has 0 saturated carbocycles. The average Bonchev–Trinajstić information content (AvgIpc) is 0.918. The maximum absolute atomic E-state index is 8.54. The molecule has 0 aliphatic carbocycles. The zero-order chi connectivity index (χ0) is 2.71. The van der Waals surface area contributed by atoms with E-state index in [4.69, 9.17) is 5.63 Å². The Bertz CT molecular complexity index is 32.5. The first kappa shape index (κ1) is 8.98. The van der Waals surface area contributed by atoms with Gasteiger partial charge in [0.05, 0.1) is 0 Å². The van der Waals surface area contributed by atoms with Gasteiger partial charge in [0, 0.05) is 0 Å². The topological polar surface area (TPSA) is 34.1 Å². The SMILES string of the molecule is [H-].[H-].[Mg+2].[O]=[Zr]=[O]. The van der Waals surface area contributed by atoms with Crippen LogP contribution in [-0.4, -0.2) is 23.1 Å². The van der Waals surface area contributed by atoms with E-state index in [9.17, 15) is 0 Å². The molecule has 0 fully saturated rings. The van der Waals surface area contributed by atoms with Gasteiger partial charge in [0.2, 0.25) is 0 Å². The minimum absolute atomic E-state index is 0. The van der Waals surface area contributed by atoms with Crippen molar-refractivity contribution in [2.75, 3.05) is 0 Å². The summed E-state index contributed by atoms with van der Waals surface area (Å²) in [5.41, 5.74) is 0. The van der Waals surface area contributed by atoms with E-state index in [2.05, 4.69) is 0 Å². The summed E-state index contributed by atoms with van der Waals surface area (Å²) in [5, 5.41) is 0. The molecular formula is H2MgO2Zr. The molecule has 4 heteroatoms. The molecule has 0 aromatic heterocycles. The third-order valence-electron chi connectivity index (χ3n) is 0. The summed E-state index contributed by atoms with van der Waals surface area (Å²) in [5.74, 6) is 0. The van der Waals surface area contributed by atoms with Crippen molar-refractivity contribution in [3.05, 3.63) is 0 Å². The van der Waals surface area contributed by atoms with Gasteiger partial charge >= 0.3 is 51.9 Å². The van der Waals surface area contributed by atoms with E-state index in [0.717, 1.165) is 0 Å². The summed E-state index contributed by atoms with van der Waals surface area (Å²) >= 11 is -2.27. The second-order valence-electron chi connectivity index (χ2n) is 0.0833. The van der Waals surface area contributed by atoms with Gasteiger partial charge in [-0.1, -0.05) is 0 Å². The van der Waals surface area contributed by atoms with Gasteiger partial charge in [-0.25, -0.2) is 0 Å². The van der Waals surface area contributed by atoms with E-state index in [1.54, 1.807) is 0 Å². The molecule has 0 aromatic carbocycles. The summed E-state index contributed by atoms with van der Waals surface area (Å²) in [6.07, 6.45) is 0. The second kappa shape index (κ2) is 8.87. The van der Waals surface area contributed by atoms with Crippen molar-refractivity contribution >= 4 is 23.1 Å². The van der Waals surface area contributed by atoms with Crippen LogP contribution in [0.1, 0.15) is 2.85 Å². The fraction of sp³-hybridized carbons (Fsp3) is 0.